The molecule has 0 bridgehead atoms. The molecule has 1 amide bonds. The van der Waals surface area contributed by atoms with Crippen LogP contribution in [-0.2, 0) is 16.4 Å². The summed E-state index contributed by atoms with van der Waals surface area (Å²) in [7, 11) is -2.21. The molecular formula is C24H24N2O5S. The number of nitrogens with one attached hydrogen (secondary N) is 1. The van der Waals surface area contributed by atoms with E-state index in [9.17, 15) is 13.2 Å². The topological polar surface area (TPSA) is 84.9 Å². The van der Waals surface area contributed by atoms with Crippen molar-refractivity contribution in [2.24, 2.45) is 0 Å². The minimum absolute atomic E-state index is 0.132. The third-order valence-corrected chi connectivity index (χ3v) is 6.66. The normalized spacial score (nSPS) is 12.9. The average Bonchev–Trinajstić information content (AvgIpc) is 3.22. The molecule has 0 spiro atoms. The van der Waals surface area contributed by atoms with Gasteiger partial charge in [-0.3, -0.25) is 9.52 Å². The van der Waals surface area contributed by atoms with E-state index < -0.39 is 10.0 Å². The molecule has 1 N–H and O–H groups in total. The van der Waals surface area contributed by atoms with Crippen LogP contribution < -0.4 is 19.1 Å². The van der Waals surface area contributed by atoms with Crippen LogP contribution in [0.3, 0.4) is 0 Å². The second kappa shape index (κ2) is 8.92. The van der Waals surface area contributed by atoms with Crippen LogP contribution in [0.5, 0.6) is 11.5 Å². The zero-order valence-corrected chi connectivity index (χ0v) is 18.7. The number of methoxy groups -OCH3 is 1. The maximum Gasteiger partial charge on any atom is 0.261 e. The summed E-state index contributed by atoms with van der Waals surface area (Å²) in [5.74, 6) is 1.14. The fourth-order valence-electron chi connectivity index (χ4n) is 3.64. The van der Waals surface area contributed by atoms with E-state index in [1.807, 2.05) is 13.0 Å². The van der Waals surface area contributed by atoms with Crippen molar-refractivity contribution in [2.45, 2.75) is 18.2 Å². The van der Waals surface area contributed by atoms with Crippen LogP contribution in [0.2, 0.25) is 0 Å². The lowest BCUT2D eigenvalue weighted by molar-refractivity contribution is 0.0989. The number of hydrogen-bond donors (Lipinski definition) is 1. The smallest absolute Gasteiger partial charge is 0.261 e. The van der Waals surface area contributed by atoms with Gasteiger partial charge in [0.15, 0.2) is 0 Å². The van der Waals surface area contributed by atoms with Crippen LogP contribution in [-0.4, -0.2) is 34.6 Å². The van der Waals surface area contributed by atoms with Crippen molar-refractivity contribution < 1.29 is 22.7 Å². The number of benzene rings is 3. The van der Waals surface area contributed by atoms with Crippen LogP contribution in [0, 0.1) is 0 Å². The molecule has 166 valence electrons. The second-order valence-corrected chi connectivity index (χ2v) is 8.97. The first-order valence-electron chi connectivity index (χ1n) is 10.3. The maximum absolute atomic E-state index is 13.0. The molecule has 4 rings (SSSR count). The van der Waals surface area contributed by atoms with Gasteiger partial charge in [0, 0.05) is 17.8 Å². The first-order chi connectivity index (χ1) is 15.4. The Kier molecular flexibility index (Phi) is 6.05. The molecule has 0 unspecified atom stereocenters. The molecule has 8 heteroatoms. The summed E-state index contributed by atoms with van der Waals surface area (Å²) in [5, 5.41) is 0. The standard InChI is InChI=1S/C24H24N2O5S/c1-3-31-21-10-12-22(13-11-21)32(28,29)25-19-7-4-17-14-15-26(23(17)16-19)24(27)18-5-8-20(30-2)9-6-18/h4-13,16,25H,3,14-15H2,1-2H3. The van der Waals surface area contributed by atoms with Crippen LogP contribution >= 0.6 is 0 Å². The number of nitrogens with zero attached hydrogens (tertiary/aromatic N) is 1. The molecule has 0 aromatic heterocycles. The van der Waals surface area contributed by atoms with E-state index in [1.165, 1.54) is 12.1 Å². The van der Waals surface area contributed by atoms with E-state index in [0.29, 0.717) is 48.0 Å². The predicted molar refractivity (Wildman–Crippen MR) is 123 cm³/mol. The highest BCUT2D eigenvalue weighted by Gasteiger charge is 2.26. The Balaban J connectivity index is 1.56. The summed E-state index contributed by atoms with van der Waals surface area (Å²) >= 11 is 0. The molecule has 7 nitrogen and oxygen atoms in total. The van der Waals surface area contributed by atoms with Crippen molar-refractivity contribution in [3.63, 3.8) is 0 Å². The van der Waals surface area contributed by atoms with Gasteiger partial charge in [0.1, 0.15) is 11.5 Å². The predicted octanol–water partition coefficient (Wildman–Crippen LogP) is 4.10. The molecule has 1 aliphatic heterocycles. The van der Waals surface area contributed by atoms with Crippen LogP contribution in [0.15, 0.2) is 71.6 Å². The fourth-order valence-corrected chi connectivity index (χ4v) is 4.69. The Morgan fingerprint density at radius 2 is 1.69 bits per heavy atom. The summed E-state index contributed by atoms with van der Waals surface area (Å²) in [5.41, 5.74) is 2.64. The molecule has 1 heterocycles. The van der Waals surface area contributed by atoms with Gasteiger partial charge in [0.25, 0.3) is 15.9 Å². The molecule has 0 fully saturated rings. The third kappa shape index (κ3) is 4.40. The highest BCUT2D eigenvalue weighted by molar-refractivity contribution is 7.92. The Morgan fingerprint density at radius 3 is 2.34 bits per heavy atom. The number of fused-ring (bicyclic) bond motifs is 1. The molecule has 32 heavy (non-hydrogen) atoms. The van der Waals surface area contributed by atoms with Crippen molar-refractivity contribution >= 4 is 27.3 Å². The second-order valence-electron chi connectivity index (χ2n) is 7.29. The number of anilines is 2. The Hall–Kier alpha value is -3.52. The molecule has 1 aliphatic rings. The van der Waals surface area contributed by atoms with Gasteiger partial charge in [-0.2, -0.15) is 0 Å². The molecule has 3 aromatic carbocycles. The van der Waals surface area contributed by atoms with Gasteiger partial charge in [-0.05, 0) is 79.6 Å². The Bertz CT molecular complexity index is 1220. The highest BCUT2D eigenvalue weighted by Crippen LogP contribution is 2.33. The van der Waals surface area contributed by atoms with Gasteiger partial charge in [-0.15, -0.1) is 0 Å². The molecule has 0 aliphatic carbocycles. The largest absolute Gasteiger partial charge is 0.497 e. The van der Waals surface area contributed by atoms with Crippen LogP contribution in [0.25, 0.3) is 0 Å². The summed E-state index contributed by atoms with van der Waals surface area (Å²) in [4.78, 5) is 14.9. The highest BCUT2D eigenvalue weighted by atomic mass is 32.2. The lowest BCUT2D eigenvalue weighted by Crippen LogP contribution is -2.28. The maximum atomic E-state index is 13.0. The van der Waals surface area contributed by atoms with E-state index in [2.05, 4.69) is 4.72 Å². The number of carbonyl (C=O) groups excluding carboxylic acids is 1. The van der Waals surface area contributed by atoms with Gasteiger partial charge in [-0.25, -0.2) is 8.42 Å². The average molecular weight is 453 g/mol. The number of rotatable bonds is 7. The first kappa shape index (κ1) is 21.7. The fraction of sp³-hybridized carbons (Fsp3) is 0.208. The minimum atomic E-state index is -3.78. The SMILES string of the molecule is CCOc1ccc(S(=O)(=O)Nc2ccc3c(c2)N(C(=O)c2ccc(OC)cc2)CC3)cc1. The summed E-state index contributed by atoms with van der Waals surface area (Å²) < 4.78 is 38.8. The molecular weight excluding hydrogens is 428 g/mol. The number of ether oxygens (including phenoxy) is 2. The summed E-state index contributed by atoms with van der Waals surface area (Å²) in [6, 6.07) is 18.4. The monoisotopic (exact) mass is 452 g/mol. The summed E-state index contributed by atoms with van der Waals surface area (Å²) in [6.45, 7) is 2.91. The first-order valence-corrected chi connectivity index (χ1v) is 11.7. The van der Waals surface area contributed by atoms with Crippen LogP contribution in [0.1, 0.15) is 22.8 Å². The molecule has 0 saturated heterocycles. The zero-order valence-electron chi connectivity index (χ0n) is 17.9. The van der Waals surface area contributed by atoms with E-state index in [-0.39, 0.29) is 10.8 Å². The molecule has 0 radical (unpaired) electrons. The number of sulfonamides is 1. The van der Waals surface area contributed by atoms with Crippen molar-refractivity contribution in [2.75, 3.05) is 29.9 Å². The summed E-state index contributed by atoms with van der Waals surface area (Å²) in [6.07, 6.45) is 0.711. The van der Waals surface area contributed by atoms with Gasteiger partial charge in [0.05, 0.1) is 24.3 Å². The zero-order chi connectivity index (χ0) is 22.7. The third-order valence-electron chi connectivity index (χ3n) is 5.26. The van der Waals surface area contributed by atoms with Gasteiger partial charge >= 0.3 is 0 Å². The van der Waals surface area contributed by atoms with Crippen molar-refractivity contribution in [3.8, 4) is 11.5 Å². The molecule has 0 atom stereocenters. The number of carbonyl (C=O) groups is 1. The van der Waals surface area contributed by atoms with Crippen molar-refractivity contribution in [3.05, 3.63) is 77.9 Å². The number of hydrogen-bond acceptors (Lipinski definition) is 5. The van der Waals surface area contributed by atoms with Crippen LogP contribution in [0.4, 0.5) is 11.4 Å². The number of amides is 1. The van der Waals surface area contributed by atoms with E-state index in [4.69, 9.17) is 9.47 Å². The van der Waals surface area contributed by atoms with E-state index in [0.717, 1.165) is 5.56 Å². The van der Waals surface area contributed by atoms with Crippen molar-refractivity contribution in [1.82, 2.24) is 0 Å². The van der Waals surface area contributed by atoms with E-state index >= 15 is 0 Å². The van der Waals surface area contributed by atoms with Gasteiger partial charge in [-0.1, -0.05) is 6.07 Å². The van der Waals surface area contributed by atoms with E-state index in [1.54, 1.807) is 60.5 Å². The molecule has 3 aromatic rings. The van der Waals surface area contributed by atoms with Gasteiger partial charge < -0.3 is 14.4 Å². The van der Waals surface area contributed by atoms with Crippen molar-refractivity contribution in [1.29, 1.82) is 0 Å². The van der Waals surface area contributed by atoms with Gasteiger partial charge in [0.2, 0.25) is 0 Å². The lowest BCUT2D eigenvalue weighted by atomic mass is 10.1. The minimum Gasteiger partial charge on any atom is -0.497 e. The Morgan fingerprint density at radius 1 is 1.00 bits per heavy atom. The quantitative estimate of drug-likeness (QED) is 0.584. The molecule has 0 saturated carbocycles. The Labute approximate surface area is 187 Å². The lowest BCUT2D eigenvalue weighted by Gasteiger charge is -2.19.